The van der Waals surface area contributed by atoms with Crippen molar-refractivity contribution >= 4 is 23.6 Å². The number of amides is 1. The van der Waals surface area contributed by atoms with E-state index in [2.05, 4.69) is 24.1 Å². The van der Waals surface area contributed by atoms with Gasteiger partial charge in [0, 0.05) is 31.2 Å². The van der Waals surface area contributed by atoms with Gasteiger partial charge in [-0.1, -0.05) is 11.6 Å². The van der Waals surface area contributed by atoms with Gasteiger partial charge in [0.15, 0.2) is 11.5 Å². The number of ether oxygens (including phenoxy) is 3. The van der Waals surface area contributed by atoms with E-state index in [9.17, 15) is 4.79 Å². The molecule has 1 N–H and O–H groups in total. The number of benzene rings is 1. The van der Waals surface area contributed by atoms with Crippen molar-refractivity contribution in [1.29, 1.82) is 0 Å². The fourth-order valence-electron chi connectivity index (χ4n) is 2.90. The molecule has 7 heteroatoms. The van der Waals surface area contributed by atoms with Crippen LogP contribution < -0.4 is 14.8 Å². The van der Waals surface area contributed by atoms with Crippen molar-refractivity contribution in [1.82, 2.24) is 10.2 Å². The summed E-state index contributed by atoms with van der Waals surface area (Å²) in [4.78, 5) is 14.5. The Morgan fingerprint density at radius 1 is 1.32 bits per heavy atom. The molecule has 3 rings (SSSR count). The Morgan fingerprint density at radius 2 is 2.08 bits per heavy atom. The number of nitrogens with one attached hydrogen (secondary N) is 1. The molecule has 1 amide bonds. The number of fused-ring (bicyclic) bond motifs is 1. The fourth-order valence-corrected chi connectivity index (χ4v) is 3.17. The lowest BCUT2D eigenvalue weighted by molar-refractivity contribution is -0.117. The number of morpholine rings is 1. The van der Waals surface area contributed by atoms with E-state index in [1.54, 1.807) is 18.2 Å². The minimum atomic E-state index is -0.143. The van der Waals surface area contributed by atoms with Gasteiger partial charge < -0.3 is 19.5 Å². The summed E-state index contributed by atoms with van der Waals surface area (Å²) in [6.07, 6.45) is 3.22. The van der Waals surface area contributed by atoms with Gasteiger partial charge in [0.05, 0.1) is 18.2 Å². The van der Waals surface area contributed by atoms with Crippen molar-refractivity contribution in [3.05, 3.63) is 28.8 Å². The average Bonchev–Trinajstić information content (AvgIpc) is 3.08. The lowest BCUT2D eigenvalue weighted by Gasteiger charge is -2.40. The molecule has 0 atom stereocenters. The van der Waals surface area contributed by atoms with E-state index in [1.807, 2.05) is 0 Å². The smallest absolute Gasteiger partial charge is 0.244 e. The predicted octanol–water partition coefficient (Wildman–Crippen LogP) is 2.31. The van der Waals surface area contributed by atoms with Crippen LogP contribution in [0.15, 0.2) is 18.2 Å². The highest BCUT2D eigenvalue weighted by molar-refractivity contribution is 6.32. The Balaban J connectivity index is 1.55. The SMILES string of the molecule is CC(C)(CNC(=O)/C=C/c1cc(Cl)c2c(c1)OCO2)N1CCOCC1. The molecule has 136 valence electrons. The van der Waals surface area contributed by atoms with Gasteiger partial charge in [-0.2, -0.15) is 0 Å². The summed E-state index contributed by atoms with van der Waals surface area (Å²) >= 11 is 6.14. The van der Waals surface area contributed by atoms with Crippen LogP contribution in [0, 0.1) is 0 Å². The van der Waals surface area contributed by atoms with Crippen molar-refractivity contribution in [3.63, 3.8) is 0 Å². The Labute approximate surface area is 152 Å². The molecule has 25 heavy (non-hydrogen) atoms. The zero-order valence-electron chi connectivity index (χ0n) is 14.5. The number of hydrogen-bond acceptors (Lipinski definition) is 5. The molecule has 0 aliphatic carbocycles. The first kappa shape index (κ1) is 18.0. The molecule has 0 spiro atoms. The zero-order valence-corrected chi connectivity index (χ0v) is 15.3. The molecule has 2 aliphatic heterocycles. The van der Waals surface area contributed by atoms with Crippen molar-refractivity contribution in [2.45, 2.75) is 19.4 Å². The highest BCUT2D eigenvalue weighted by Crippen LogP contribution is 2.40. The van der Waals surface area contributed by atoms with Crippen LogP contribution in [-0.4, -0.2) is 56.0 Å². The van der Waals surface area contributed by atoms with Gasteiger partial charge in [0.25, 0.3) is 0 Å². The molecule has 0 radical (unpaired) electrons. The molecule has 0 bridgehead atoms. The van der Waals surface area contributed by atoms with Gasteiger partial charge in [-0.15, -0.1) is 0 Å². The van der Waals surface area contributed by atoms with E-state index in [0.29, 0.717) is 23.1 Å². The van der Waals surface area contributed by atoms with Crippen molar-refractivity contribution in [2.75, 3.05) is 39.6 Å². The maximum atomic E-state index is 12.1. The minimum Gasteiger partial charge on any atom is -0.454 e. The zero-order chi connectivity index (χ0) is 17.9. The quantitative estimate of drug-likeness (QED) is 0.810. The second-order valence-electron chi connectivity index (χ2n) is 6.70. The normalized spacial score (nSPS) is 17.9. The molecule has 6 nitrogen and oxygen atoms in total. The number of halogens is 1. The summed E-state index contributed by atoms with van der Waals surface area (Å²) in [5, 5.41) is 3.44. The number of nitrogens with zero attached hydrogens (tertiary/aromatic N) is 1. The molecular formula is C18H23ClN2O4. The van der Waals surface area contributed by atoms with Gasteiger partial charge in [-0.25, -0.2) is 0 Å². The number of hydrogen-bond donors (Lipinski definition) is 1. The van der Waals surface area contributed by atoms with Crippen molar-refractivity contribution in [3.8, 4) is 11.5 Å². The first-order valence-electron chi connectivity index (χ1n) is 8.33. The van der Waals surface area contributed by atoms with Gasteiger partial charge in [-0.3, -0.25) is 9.69 Å². The molecule has 1 aromatic carbocycles. The highest BCUT2D eigenvalue weighted by atomic mass is 35.5. The summed E-state index contributed by atoms with van der Waals surface area (Å²) in [5.74, 6) is 1.01. The molecule has 1 aromatic rings. The topological polar surface area (TPSA) is 60.0 Å². The largest absolute Gasteiger partial charge is 0.454 e. The first-order valence-corrected chi connectivity index (χ1v) is 8.71. The fraction of sp³-hybridized carbons (Fsp3) is 0.500. The van der Waals surface area contributed by atoms with Crippen LogP contribution in [0.3, 0.4) is 0 Å². The molecule has 2 heterocycles. The Kier molecular flexibility index (Phi) is 5.51. The van der Waals surface area contributed by atoms with Crippen LogP contribution in [0.1, 0.15) is 19.4 Å². The second-order valence-corrected chi connectivity index (χ2v) is 7.11. The Morgan fingerprint density at radius 3 is 2.84 bits per heavy atom. The van der Waals surface area contributed by atoms with E-state index in [4.69, 9.17) is 25.8 Å². The first-order chi connectivity index (χ1) is 12.0. The average molecular weight is 367 g/mol. The molecule has 1 fully saturated rings. The molecule has 1 saturated heterocycles. The van der Waals surface area contributed by atoms with Crippen LogP contribution in [0.5, 0.6) is 11.5 Å². The van der Waals surface area contributed by atoms with E-state index in [1.165, 1.54) is 6.08 Å². The third kappa shape index (κ3) is 4.45. The van der Waals surface area contributed by atoms with Crippen LogP contribution in [0.2, 0.25) is 5.02 Å². The maximum Gasteiger partial charge on any atom is 0.244 e. The lowest BCUT2D eigenvalue weighted by Crippen LogP contribution is -2.55. The van der Waals surface area contributed by atoms with Crippen LogP contribution in [-0.2, 0) is 9.53 Å². The van der Waals surface area contributed by atoms with Crippen LogP contribution in [0.4, 0.5) is 0 Å². The van der Waals surface area contributed by atoms with Gasteiger partial charge in [-0.05, 0) is 37.6 Å². The van der Waals surface area contributed by atoms with E-state index in [0.717, 1.165) is 31.9 Å². The standard InChI is InChI=1S/C18H23ClN2O4/c1-18(2,21-5-7-23-8-6-21)11-20-16(22)4-3-13-9-14(19)17-15(10-13)24-12-25-17/h3-4,9-10H,5-8,11-12H2,1-2H3,(H,20,22)/b4-3+. The van der Waals surface area contributed by atoms with Gasteiger partial charge in [0.2, 0.25) is 12.7 Å². The van der Waals surface area contributed by atoms with Crippen LogP contribution in [0.25, 0.3) is 6.08 Å². The number of carbonyl (C=O) groups excluding carboxylic acids is 1. The Hall–Kier alpha value is -1.76. The van der Waals surface area contributed by atoms with Crippen molar-refractivity contribution in [2.24, 2.45) is 0 Å². The van der Waals surface area contributed by atoms with E-state index in [-0.39, 0.29) is 18.2 Å². The third-order valence-corrected chi connectivity index (χ3v) is 4.72. The number of rotatable bonds is 5. The monoisotopic (exact) mass is 366 g/mol. The molecular weight excluding hydrogens is 344 g/mol. The number of carbonyl (C=O) groups is 1. The summed E-state index contributed by atoms with van der Waals surface area (Å²) in [6.45, 7) is 8.23. The minimum absolute atomic E-state index is 0.116. The van der Waals surface area contributed by atoms with Gasteiger partial charge >= 0.3 is 0 Å². The van der Waals surface area contributed by atoms with Gasteiger partial charge in [0.1, 0.15) is 0 Å². The van der Waals surface area contributed by atoms with Crippen LogP contribution >= 0.6 is 11.6 Å². The summed E-state index contributed by atoms with van der Waals surface area (Å²) in [7, 11) is 0. The maximum absolute atomic E-state index is 12.1. The molecule has 0 unspecified atom stereocenters. The molecule has 0 saturated carbocycles. The molecule has 2 aliphatic rings. The predicted molar refractivity (Wildman–Crippen MR) is 96.1 cm³/mol. The van der Waals surface area contributed by atoms with E-state index >= 15 is 0 Å². The summed E-state index contributed by atoms with van der Waals surface area (Å²) < 4.78 is 16.0. The molecule has 0 aromatic heterocycles. The lowest BCUT2D eigenvalue weighted by atomic mass is 10.0. The summed E-state index contributed by atoms with van der Waals surface area (Å²) in [6, 6.07) is 3.55. The third-order valence-electron chi connectivity index (χ3n) is 4.44. The second kappa shape index (κ2) is 7.64. The summed E-state index contributed by atoms with van der Waals surface area (Å²) in [5.41, 5.74) is 0.673. The Bertz CT molecular complexity index is 669. The highest BCUT2D eigenvalue weighted by Gasteiger charge is 2.28. The van der Waals surface area contributed by atoms with Crippen molar-refractivity contribution < 1.29 is 19.0 Å². The van der Waals surface area contributed by atoms with E-state index < -0.39 is 0 Å².